The summed E-state index contributed by atoms with van der Waals surface area (Å²) in [5, 5.41) is 18.0. The van der Waals surface area contributed by atoms with E-state index in [0.29, 0.717) is 11.4 Å². The number of aromatic carboxylic acids is 1. The third-order valence-corrected chi connectivity index (χ3v) is 3.53. The Hall–Kier alpha value is -1.92. The fraction of sp³-hybridized carbons (Fsp3) is 0.154. The van der Waals surface area contributed by atoms with Gasteiger partial charge in [0.25, 0.3) is 0 Å². The molecule has 19 heavy (non-hydrogen) atoms. The van der Waals surface area contributed by atoms with Crippen LogP contribution in [0, 0.1) is 0 Å². The normalized spacial score (nSPS) is 10.4. The van der Waals surface area contributed by atoms with Crippen LogP contribution in [-0.4, -0.2) is 26.2 Å². The molecule has 0 spiro atoms. The van der Waals surface area contributed by atoms with Gasteiger partial charge in [-0.3, -0.25) is 0 Å². The topological polar surface area (TPSA) is 83.3 Å². The van der Waals surface area contributed by atoms with Gasteiger partial charge < -0.3 is 10.2 Å². The van der Waals surface area contributed by atoms with E-state index >= 15 is 0 Å². The van der Waals surface area contributed by atoms with E-state index < -0.39 is 5.97 Å². The van der Waals surface area contributed by atoms with Crippen molar-refractivity contribution < 1.29 is 15.0 Å². The molecule has 2 N–H and O–H groups in total. The van der Waals surface area contributed by atoms with Crippen molar-refractivity contribution in [3.05, 3.63) is 53.6 Å². The first-order valence-electron chi connectivity index (χ1n) is 5.55. The Morgan fingerprint density at radius 2 is 2.00 bits per heavy atom. The number of thioether (sulfide) groups is 1. The number of hydrogen-bond donors (Lipinski definition) is 2. The van der Waals surface area contributed by atoms with Crippen LogP contribution in [0.4, 0.5) is 0 Å². The maximum Gasteiger partial charge on any atom is 0.339 e. The minimum Gasteiger partial charge on any atom is -0.478 e. The maximum atomic E-state index is 11.0. The molecule has 0 amide bonds. The summed E-state index contributed by atoms with van der Waals surface area (Å²) in [4.78, 5) is 19.7. The van der Waals surface area contributed by atoms with E-state index in [1.54, 1.807) is 0 Å². The van der Waals surface area contributed by atoms with Gasteiger partial charge in [-0.25, -0.2) is 14.8 Å². The summed E-state index contributed by atoms with van der Waals surface area (Å²) < 4.78 is 0. The van der Waals surface area contributed by atoms with E-state index in [1.807, 2.05) is 24.3 Å². The quantitative estimate of drug-likeness (QED) is 0.812. The van der Waals surface area contributed by atoms with Gasteiger partial charge in [-0.05, 0) is 17.7 Å². The second-order valence-electron chi connectivity index (χ2n) is 3.78. The number of aromatic nitrogens is 2. The van der Waals surface area contributed by atoms with Gasteiger partial charge in [0.05, 0.1) is 12.3 Å². The first-order chi connectivity index (χ1) is 9.20. The molecule has 1 aromatic heterocycles. The van der Waals surface area contributed by atoms with Crippen LogP contribution in [0.25, 0.3) is 0 Å². The van der Waals surface area contributed by atoms with Crippen molar-refractivity contribution in [1.82, 2.24) is 9.97 Å². The lowest BCUT2D eigenvalue weighted by atomic mass is 10.2. The molecule has 0 atom stereocenters. The summed E-state index contributed by atoms with van der Waals surface area (Å²) in [5.41, 5.74) is 1.47. The van der Waals surface area contributed by atoms with E-state index in [4.69, 9.17) is 10.2 Å². The summed E-state index contributed by atoms with van der Waals surface area (Å²) in [6.07, 6.45) is 2.65. The molecular weight excluding hydrogens is 264 g/mol. The van der Waals surface area contributed by atoms with Gasteiger partial charge in [-0.15, -0.1) is 11.8 Å². The highest BCUT2D eigenvalue weighted by molar-refractivity contribution is 7.98. The zero-order valence-electron chi connectivity index (χ0n) is 9.98. The van der Waals surface area contributed by atoms with Gasteiger partial charge >= 0.3 is 5.97 Å². The second kappa shape index (κ2) is 6.31. The Morgan fingerprint density at radius 1 is 1.26 bits per heavy atom. The number of carbonyl (C=O) groups is 1. The highest BCUT2D eigenvalue weighted by atomic mass is 32.2. The first-order valence-corrected chi connectivity index (χ1v) is 6.54. The van der Waals surface area contributed by atoms with Crippen molar-refractivity contribution in [3.8, 4) is 0 Å². The van der Waals surface area contributed by atoms with Crippen molar-refractivity contribution in [3.63, 3.8) is 0 Å². The Labute approximate surface area is 114 Å². The Morgan fingerprint density at radius 3 is 2.63 bits per heavy atom. The highest BCUT2D eigenvalue weighted by Gasteiger charge is 2.11. The van der Waals surface area contributed by atoms with Gasteiger partial charge in [-0.2, -0.15) is 0 Å². The molecular formula is C13H12N2O3S. The molecule has 0 aliphatic carbocycles. The van der Waals surface area contributed by atoms with Crippen molar-refractivity contribution in [2.75, 3.05) is 0 Å². The van der Waals surface area contributed by atoms with Crippen LogP contribution in [-0.2, 0) is 12.4 Å². The van der Waals surface area contributed by atoms with Gasteiger partial charge in [0, 0.05) is 16.8 Å². The smallest absolute Gasteiger partial charge is 0.339 e. The van der Waals surface area contributed by atoms with E-state index in [2.05, 4.69) is 9.97 Å². The number of rotatable bonds is 5. The molecule has 1 aromatic carbocycles. The van der Waals surface area contributed by atoms with Gasteiger partial charge in [0.2, 0.25) is 0 Å². The molecule has 0 radical (unpaired) electrons. The maximum absolute atomic E-state index is 11.0. The number of aliphatic hydroxyl groups excluding tert-OH is 1. The molecule has 1 heterocycles. The molecule has 0 fully saturated rings. The Balaban J connectivity index is 2.07. The monoisotopic (exact) mass is 276 g/mol. The fourth-order valence-electron chi connectivity index (χ4n) is 1.49. The molecule has 98 valence electrons. The largest absolute Gasteiger partial charge is 0.478 e. The lowest BCUT2D eigenvalue weighted by molar-refractivity contribution is 0.0695. The average Bonchev–Trinajstić information content (AvgIpc) is 2.46. The van der Waals surface area contributed by atoms with Crippen LogP contribution in [0.2, 0.25) is 0 Å². The Kier molecular flexibility index (Phi) is 4.48. The standard InChI is InChI=1S/C13H12N2O3S/c16-6-9-1-3-10(4-2-9)19-7-12-11(13(17)18)5-14-8-15-12/h1-5,8,16H,6-7H2,(H,17,18). The van der Waals surface area contributed by atoms with Crippen LogP contribution in [0.5, 0.6) is 0 Å². The minimum absolute atomic E-state index is 0.0139. The second-order valence-corrected chi connectivity index (χ2v) is 4.83. The third-order valence-electron chi connectivity index (χ3n) is 2.51. The molecule has 2 aromatic rings. The molecule has 5 nitrogen and oxygen atoms in total. The minimum atomic E-state index is -1.02. The predicted molar refractivity (Wildman–Crippen MR) is 70.9 cm³/mol. The fourth-order valence-corrected chi connectivity index (χ4v) is 2.35. The third kappa shape index (κ3) is 3.52. The van der Waals surface area contributed by atoms with Crippen molar-refractivity contribution >= 4 is 17.7 Å². The van der Waals surface area contributed by atoms with E-state index in [0.717, 1.165) is 10.5 Å². The number of carboxylic acids is 1. The van der Waals surface area contributed by atoms with Crippen molar-refractivity contribution in [1.29, 1.82) is 0 Å². The van der Waals surface area contributed by atoms with Crippen LogP contribution in [0.15, 0.2) is 41.7 Å². The molecule has 0 bridgehead atoms. The summed E-state index contributed by atoms with van der Waals surface area (Å²) in [6, 6.07) is 7.44. The van der Waals surface area contributed by atoms with Gasteiger partial charge in [0.15, 0.2) is 0 Å². The predicted octanol–water partition coefficient (Wildman–Crippen LogP) is 1.96. The molecule has 0 saturated carbocycles. The number of nitrogens with zero attached hydrogens (tertiary/aromatic N) is 2. The molecule has 2 rings (SSSR count). The highest BCUT2D eigenvalue weighted by Crippen LogP contribution is 2.23. The number of carboxylic acid groups (broad SMARTS) is 1. The molecule has 0 aliphatic heterocycles. The average molecular weight is 276 g/mol. The zero-order chi connectivity index (χ0) is 13.7. The summed E-state index contributed by atoms with van der Waals surface area (Å²) in [5.74, 6) is -0.561. The number of hydrogen-bond acceptors (Lipinski definition) is 5. The van der Waals surface area contributed by atoms with E-state index in [-0.39, 0.29) is 12.2 Å². The zero-order valence-corrected chi connectivity index (χ0v) is 10.8. The van der Waals surface area contributed by atoms with Gasteiger partial charge in [0.1, 0.15) is 11.9 Å². The number of aliphatic hydroxyl groups is 1. The summed E-state index contributed by atoms with van der Waals surface area (Å²) in [7, 11) is 0. The summed E-state index contributed by atoms with van der Waals surface area (Å²) in [6.45, 7) is 0.0139. The van der Waals surface area contributed by atoms with Crippen molar-refractivity contribution in [2.45, 2.75) is 17.3 Å². The number of benzene rings is 1. The van der Waals surface area contributed by atoms with Crippen LogP contribution >= 0.6 is 11.8 Å². The summed E-state index contributed by atoms with van der Waals surface area (Å²) >= 11 is 1.49. The molecule has 0 aliphatic rings. The molecule has 0 unspecified atom stereocenters. The van der Waals surface area contributed by atoms with Crippen LogP contribution < -0.4 is 0 Å². The lowest BCUT2D eigenvalue weighted by Gasteiger charge is -2.04. The Bertz CT molecular complexity index is 572. The van der Waals surface area contributed by atoms with Crippen LogP contribution in [0.3, 0.4) is 0 Å². The lowest BCUT2D eigenvalue weighted by Crippen LogP contribution is -2.04. The van der Waals surface area contributed by atoms with Crippen LogP contribution in [0.1, 0.15) is 21.6 Å². The van der Waals surface area contributed by atoms with Gasteiger partial charge in [-0.1, -0.05) is 12.1 Å². The van der Waals surface area contributed by atoms with Crippen molar-refractivity contribution in [2.24, 2.45) is 0 Å². The van der Waals surface area contributed by atoms with E-state index in [9.17, 15) is 4.79 Å². The SMILES string of the molecule is O=C(O)c1cncnc1CSc1ccc(CO)cc1. The molecule has 6 heteroatoms. The molecule has 0 saturated heterocycles. The first kappa shape index (κ1) is 13.5. The van der Waals surface area contributed by atoms with E-state index in [1.165, 1.54) is 24.3 Å².